The zero-order valence-corrected chi connectivity index (χ0v) is 17.0. The fraction of sp³-hybridized carbons (Fsp3) is 0.333. The first-order valence-electron chi connectivity index (χ1n) is 9.42. The Morgan fingerprint density at radius 3 is 2.52 bits per heavy atom. The molecule has 2 aromatic carbocycles. The van der Waals surface area contributed by atoms with Crippen molar-refractivity contribution in [2.24, 2.45) is 5.73 Å². The molecule has 0 radical (unpaired) electrons. The van der Waals surface area contributed by atoms with Crippen LogP contribution in [0.4, 0.5) is 10.5 Å². The van der Waals surface area contributed by atoms with E-state index in [-0.39, 0.29) is 18.6 Å². The predicted octanol–water partition coefficient (Wildman–Crippen LogP) is 3.34. The van der Waals surface area contributed by atoms with E-state index in [4.69, 9.17) is 22.1 Å². The van der Waals surface area contributed by atoms with E-state index < -0.39 is 6.03 Å². The molecule has 0 aliphatic carbocycles. The minimum Gasteiger partial charge on any atom is -0.492 e. The number of hydrogen-bond donors (Lipinski definition) is 4. The average molecular weight is 420 g/mol. The van der Waals surface area contributed by atoms with Crippen molar-refractivity contribution in [1.82, 2.24) is 5.32 Å². The molecule has 3 amide bonds. The van der Waals surface area contributed by atoms with Gasteiger partial charge in [-0.2, -0.15) is 0 Å². The van der Waals surface area contributed by atoms with E-state index in [1.54, 1.807) is 30.3 Å². The maximum Gasteiger partial charge on any atom is 0.316 e. The van der Waals surface area contributed by atoms with Crippen molar-refractivity contribution in [1.29, 1.82) is 0 Å². The Kier molecular flexibility index (Phi) is 8.76. The highest BCUT2D eigenvalue weighted by Gasteiger charge is 2.16. The van der Waals surface area contributed by atoms with Crippen LogP contribution < -0.4 is 21.1 Å². The van der Waals surface area contributed by atoms with Gasteiger partial charge in [0, 0.05) is 23.9 Å². The lowest BCUT2D eigenvalue weighted by molar-refractivity contribution is 0.0930. The van der Waals surface area contributed by atoms with Gasteiger partial charge >= 0.3 is 6.03 Å². The molecule has 0 spiro atoms. The van der Waals surface area contributed by atoms with Crippen LogP contribution in [0.2, 0.25) is 5.02 Å². The highest BCUT2D eigenvalue weighted by atomic mass is 35.5. The number of hydrogen-bond acceptors (Lipinski definition) is 4. The number of ether oxygens (including phenoxy) is 1. The fourth-order valence-electron chi connectivity index (χ4n) is 2.77. The molecule has 0 aliphatic rings. The quantitative estimate of drug-likeness (QED) is 0.472. The van der Waals surface area contributed by atoms with Gasteiger partial charge in [-0.1, -0.05) is 30.7 Å². The molecule has 0 saturated carbocycles. The molecule has 156 valence electrons. The maximum absolute atomic E-state index is 12.6. The summed E-state index contributed by atoms with van der Waals surface area (Å²) in [7, 11) is 0. The number of halogens is 1. The fourth-order valence-corrected chi connectivity index (χ4v) is 3.01. The molecular formula is C21H26ClN3O4. The van der Waals surface area contributed by atoms with Gasteiger partial charge in [0.05, 0.1) is 11.6 Å². The Bertz CT molecular complexity index is 827. The molecule has 0 aromatic heterocycles. The Morgan fingerprint density at radius 1 is 1.21 bits per heavy atom. The summed E-state index contributed by atoms with van der Waals surface area (Å²) in [6.07, 6.45) is 1.79. The molecule has 0 unspecified atom stereocenters. The van der Waals surface area contributed by atoms with Gasteiger partial charge in [0.15, 0.2) is 0 Å². The van der Waals surface area contributed by atoms with Crippen LogP contribution >= 0.6 is 11.6 Å². The Balaban J connectivity index is 2.02. The highest BCUT2D eigenvalue weighted by molar-refractivity contribution is 6.32. The number of primary amides is 1. The number of nitrogens with two attached hydrogens (primary N) is 1. The predicted molar refractivity (Wildman–Crippen MR) is 114 cm³/mol. The Morgan fingerprint density at radius 2 is 1.93 bits per heavy atom. The third-order valence-corrected chi connectivity index (χ3v) is 4.47. The zero-order chi connectivity index (χ0) is 21.2. The molecule has 0 saturated heterocycles. The lowest BCUT2D eigenvalue weighted by Gasteiger charge is -2.19. The van der Waals surface area contributed by atoms with Crippen molar-refractivity contribution in [2.45, 2.75) is 32.2 Å². The van der Waals surface area contributed by atoms with E-state index in [9.17, 15) is 14.7 Å². The van der Waals surface area contributed by atoms with Crippen LogP contribution in [0, 0.1) is 0 Å². The summed E-state index contributed by atoms with van der Waals surface area (Å²) in [4.78, 5) is 23.5. The number of urea groups is 1. The molecule has 2 rings (SSSR count). The SMILES string of the molecule is CCCOc1ccc(C(=O)N[C@H](CCO)Cc2ccc(NC(N)=O)cc2)cc1Cl. The van der Waals surface area contributed by atoms with Gasteiger partial charge in [-0.15, -0.1) is 0 Å². The summed E-state index contributed by atoms with van der Waals surface area (Å²) in [6.45, 7) is 2.49. The van der Waals surface area contributed by atoms with Crippen molar-refractivity contribution in [3.63, 3.8) is 0 Å². The van der Waals surface area contributed by atoms with Gasteiger partial charge in [0.2, 0.25) is 0 Å². The maximum atomic E-state index is 12.6. The van der Waals surface area contributed by atoms with E-state index in [2.05, 4.69) is 10.6 Å². The largest absolute Gasteiger partial charge is 0.492 e. The molecule has 2 aromatic rings. The number of aliphatic hydroxyl groups excluding tert-OH is 1. The molecule has 0 aliphatic heterocycles. The van der Waals surface area contributed by atoms with E-state index >= 15 is 0 Å². The van der Waals surface area contributed by atoms with Crippen molar-refractivity contribution < 1.29 is 19.4 Å². The number of rotatable bonds is 10. The summed E-state index contributed by atoms with van der Waals surface area (Å²) in [6, 6.07) is 11.1. The summed E-state index contributed by atoms with van der Waals surface area (Å²) in [5, 5.41) is 15.2. The molecule has 7 nitrogen and oxygen atoms in total. The smallest absolute Gasteiger partial charge is 0.316 e. The number of amides is 3. The third-order valence-electron chi connectivity index (χ3n) is 4.17. The number of carbonyl (C=O) groups excluding carboxylic acids is 2. The van der Waals surface area contributed by atoms with Crippen LogP contribution in [0.15, 0.2) is 42.5 Å². The standard InChI is InChI=1S/C21H26ClN3O4/c1-2-11-29-19-8-5-15(13-18(19)22)20(27)24-17(9-10-26)12-14-3-6-16(7-4-14)25-21(23)28/h3-8,13,17,26H,2,9-12H2,1H3,(H,24,27)(H3,23,25,28)/t17-/m1/s1. The first kappa shape index (κ1) is 22.5. The van der Waals surface area contributed by atoms with Crippen molar-refractivity contribution in [3.8, 4) is 5.75 Å². The summed E-state index contributed by atoms with van der Waals surface area (Å²) >= 11 is 6.20. The minimum absolute atomic E-state index is 0.0587. The second kappa shape index (κ2) is 11.3. The van der Waals surface area contributed by atoms with Gasteiger partial charge in [-0.3, -0.25) is 4.79 Å². The second-order valence-corrected chi connectivity index (χ2v) is 6.97. The van der Waals surface area contributed by atoms with Crippen LogP contribution in [0.25, 0.3) is 0 Å². The third kappa shape index (κ3) is 7.29. The number of anilines is 1. The molecule has 0 heterocycles. The van der Waals surface area contributed by atoms with Crippen LogP contribution in [0.3, 0.4) is 0 Å². The Labute approximate surface area is 175 Å². The van der Waals surface area contributed by atoms with Gasteiger partial charge < -0.3 is 26.2 Å². The number of carbonyl (C=O) groups is 2. The molecule has 5 N–H and O–H groups in total. The van der Waals surface area contributed by atoms with Crippen LogP contribution in [-0.4, -0.2) is 36.3 Å². The summed E-state index contributed by atoms with van der Waals surface area (Å²) in [5.41, 5.74) is 7.05. The van der Waals surface area contributed by atoms with E-state index in [0.29, 0.717) is 41.5 Å². The summed E-state index contributed by atoms with van der Waals surface area (Å²) in [5.74, 6) is 0.265. The molecule has 1 atom stereocenters. The van der Waals surface area contributed by atoms with E-state index in [1.807, 2.05) is 19.1 Å². The molecule has 0 bridgehead atoms. The van der Waals surface area contributed by atoms with Crippen molar-refractivity contribution in [3.05, 3.63) is 58.6 Å². The van der Waals surface area contributed by atoms with Gasteiger partial charge in [0.1, 0.15) is 5.75 Å². The number of aliphatic hydroxyl groups is 1. The molecule has 8 heteroatoms. The summed E-state index contributed by atoms with van der Waals surface area (Å²) < 4.78 is 5.52. The number of benzene rings is 2. The van der Waals surface area contributed by atoms with Gasteiger partial charge in [0.25, 0.3) is 5.91 Å². The van der Waals surface area contributed by atoms with Crippen molar-refractivity contribution >= 4 is 29.2 Å². The topological polar surface area (TPSA) is 114 Å². The lowest BCUT2D eigenvalue weighted by Crippen LogP contribution is -2.37. The molecule has 0 fully saturated rings. The second-order valence-electron chi connectivity index (χ2n) is 6.57. The lowest BCUT2D eigenvalue weighted by atomic mass is 10.0. The highest BCUT2D eigenvalue weighted by Crippen LogP contribution is 2.25. The normalized spacial score (nSPS) is 11.6. The average Bonchev–Trinajstić information content (AvgIpc) is 2.68. The molecule has 29 heavy (non-hydrogen) atoms. The monoisotopic (exact) mass is 419 g/mol. The number of nitrogens with one attached hydrogen (secondary N) is 2. The van der Waals surface area contributed by atoms with Crippen LogP contribution in [-0.2, 0) is 6.42 Å². The van der Waals surface area contributed by atoms with Crippen molar-refractivity contribution in [2.75, 3.05) is 18.5 Å². The van der Waals surface area contributed by atoms with Crippen LogP contribution in [0.1, 0.15) is 35.7 Å². The zero-order valence-electron chi connectivity index (χ0n) is 16.3. The van der Waals surface area contributed by atoms with E-state index in [0.717, 1.165) is 12.0 Å². The van der Waals surface area contributed by atoms with Crippen LogP contribution in [0.5, 0.6) is 5.75 Å². The van der Waals surface area contributed by atoms with Gasteiger partial charge in [-0.25, -0.2) is 4.79 Å². The molecular weight excluding hydrogens is 394 g/mol. The first-order chi connectivity index (χ1) is 13.9. The van der Waals surface area contributed by atoms with E-state index in [1.165, 1.54) is 0 Å². The minimum atomic E-state index is -0.632. The Hall–Kier alpha value is -2.77. The first-order valence-corrected chi connectivity index (χ1v) is 9.80. The van der Waals surface area contributed by atoms with Gasteiger partial charge in [-0.05, 0) is 55.2 Å².